The Hall–Kier alpha value is -4.44. The number of aromatic hydroxyl groups is 2. The van der Waals surface area contributed by atoms with Gasteiger partial charge < -0.3 is 44.7 Å². The molecule has 3 aliphatic rings. The molecule has 4 unspecified atom stereocenters. The summed E-state index contributed by atoms with van der Waals surface area (Å²) >= 11 is 0. The zero-order valence-corrected chi connectivity index (χ0v) is 27.3. The summed E-state index contributed by atoms with van der Waals surface area (Å²) < 4.78 is 24.8. The Balaban J connectivity index is 1.24. The zero-order valence-electron chi connectivity index (χ0n) is 27.3. The second-order valence-electron chi connectivity index (χ2n) is 13.2. The van der Waals surface area contributed by atoms with E-state index in [0.29, 0.717) is 47.1 Å². The van der Waals surface area contributed by atoms with E-state index in [0.717, 1.165) is 53.5 Å². The Morgan fingerprint density at radius 3 is 2.29 bits per heavy atom. The lowest BCUT2D eigenvalue weighted by Gasteiger charge is -2.41. The molecule has 48 heavy (non-hydrogen) atoms. The van der Waals surface area contributed by atoms with Crippen LogP contribution in [0.4, 0.5) is 0 Å². The van der Waals surface area contributed by atoms with Gasteiger partial charge in [-0.25, -0.2) is 0 Å². The number of hydrogen-bond donors (Lipinski definition) is 5. The van der Waals surface area contributed by atoms with Gasteiger partial charge in [-0.05, 0) is 98.0 Å². The van der Waals surface area contributed by atoms with Crippen LogP contribution in [0.2, 0.25) is 0 Å². The van der Waals surface area contributed by atoms with Crippen molar-refractivity contribution in [1.82, 2.24) is 5.32 Å². The van der Waals surface area contributed by atoms with Gasteiger partial charge in [-0.3, -0.25) is 0 Å². The molecule has 5 N–H and O–H groups in total. The van der Waals surface area contributed by atoms with Crippen molar-refractivity contribution < 1.29 is 39.4 Å². The summed E-state index contributed by atoms with van der Waals surface area (Å²) in [4.78, 5) is 0. The van der Waals surface area contributed by atoms with Crippen LogP contribution < -0.4 is 24.3 Å². The number of phenolic OH excluding ortho intramolecular Hbond substituents is 2. The molecule has 1 aliphatic carbocycles. The van der Waals surface area contributed by atoms with Crippen molar-refractivity contribution in [2.24, 2.45) is 11.8 Å². The monoisotopic (exact) mass is 653 g/mol. The third kappa shape index (κ3) is 6.25. The largest absolute Gasteiger partial charge is 0.508 e. The maximum atomic E-state index is 12.0. The molecule has 2 aliphatic heterocycles. The van der Waals surface area contributed by atoms with Gasteiger partial charge in [-0.15, -0.1) is 0 Å². The second kappa shape index (κ2) is 13.6. The Kier molecular flexibility index (Phi) is 9.09. The number of ether oxygens (including phenoxy) is 4. The summed E-state index contributed by atoms with van der Waals surface area (Å²) in [7, 11) is 3.47. The lowest BCUT2D eigenvalue weighted by molar-refractivity contribution is -0.0555. The fourth-order valence-electron chi connectivity index (χ4n) is 7.58. The quantitative estimate of drug-likeness (QED) is 0.144. The maximum Gasteiger partial charge on any atom is 0.128 e. The molecular weight excluding hydrogens is 610 g/mol. The molecule has 252 valence electrons. The van der Waals surface area contributed by atoms with E-state index >= 15 is 0 Å². The van der Waals surface area contributed by atoms with Gasteiger partial charge in [0.15, 0.2) is 0 Å². The van der Waals surface area contributed by atoms with Crippen molar-refractivity contribution in [3.63, 3.8) is 0 Å². The van der Waals surface area contributed by atoms with Crippen molar-refractivity contribution in [2.45, 2.75) is 57.0 Å². The summed E-state index contributed by atoms with van der Waals surface area (Å²) in [5.74, 6) is 1.89. The van der Waals surface area contributed by atoms with Gasteiger partial charge in [-0.1, -0.05) is 18.2 Å². The highest BCUT2D eigenvalue weighted by atomic mass is 16.5. The molecule has 0 aromatic heterocycles. The highest BCUT2D eigenvalue weighted by molar-refractivity contribution is 5.70. The average molecular weight is 654 g/mol. The number of nitrogens with one attached hydrogen (secondary N) is 1. The van der Waals surface area contributed by atoms with E-state index in [9.17, 15) is 20.4 Å². The van der Waals surface area contributed by atoms with Crippen molar-refractivity contribution >= 4 is 0 Å². The van der Waals surface area contributed by atoms with Gasteiger partial charge >= 0.3 is 0 Å². The number of aliphatic hydroxyl groups is 2. The van der Waals surface area contributed by atoms with Gasteiger partial charge in [0, 0.05) is 47.1 Å². The molecule has 2 heterocycles. The van der Waals surface area contributed by atoms with Gasteiger partial charge in [0.25, 0.3) is 0 Å². The normalized spacial score (nSPS) is 21.9. The van der Waals surface area contributed by atoms with E-state index in [4.69, 9.17) is 18.9 Å². The van der Waals surface area contributed by atoms with Crippen molar-refractivity contribution in [2.75, 3.05) is 27.4 Å². The minimum Gasteiger partial charge on any atom is -0.508 e. The van der Waals surface area contributed by atoms with E-state index in [-0.39, 0.29) is 30.8 Å². The smallest absolute Gasteiger partial charge is 0.128 e. The molecule has 0 radical (unpaired) electrons. The lowest BCUT2D eigenvalue weighted by Crippen LogP contribution is -2.40. The van der Waals surface area contributed by atoms with E-state index < -0.39 is 24.0 Å². The maximum absolute atomic E-state index is 12.0. The molecule has 0 amide bonds. The molecule has 0 spiro atoms. The van der Waals surface area contributed by atoms with Crippen LogP contribution in [0.1, 0.15) is 65.7 Å². The van der Waals surface area contributed by atoms with Crippen molar-refractivity contribution in [3.8, 4) is 45.6 Å². The third-order valence-electron chi connectivity index (χ3n) is 10.0. The van der Waals surface area contributed by atoms with Crippen LogP contribution in [0.5, 0.6) is 34.5 Å². The predicted molar refractivity (Wildman–Crippen MR) is 181 cm³/mol. The first kappa shape index (κ1) is 32.1. The minimum absolute atomic E-state index is 0.102. The van der Waals surface area contributed by atoms with Crippen LogP contribution >= 0.6 is 0 Å². The number of methoxy groups -OCH3 is 1. The number of fused-ring (bicyclic) bond motifs is 2. The fraction of sp³-hybridized carbons (Fsp3) is 0.385. The van der Waals surface area contributed by atoms with E-state index in [2.05, 4.69) is 5.32 Å². The van der Waals surface area contributed by atoms with Crippen LogP contribution in [-0.4, -0.2) is 53.9 Å². The molecule has 4 aromatic carbocycles. The van der Waals surface area contributed by atoms with Gasteiger partial charge in [0.2, 0.25) is 0 Å². The Labute approximate surface area is 280 Å². The first-order valence-electron chi connectivity index (χ1n) is 16.7. The second-order valence-corrected chi connectivity index (χ2v) is 13.2. The van der Waals surface area contributed by atoms with Crippen LogP contribution in [0.15, 0.2) is 66.7 Å². The first-order valence-corrected chi connectivity index (χ1v) is 16.7. The fourth-order valence-corrected chi connectivity index (χ4v) is 7.58. The molecule has 9 nitrogen and oxygen atoms in total. The van der Waals surface area contributed by atoms with Gasteiger partial charge in [0.1, 0.15) is 34.5 Å². The van der Waals surface area contributed by atoms with Crippen LogP contribution in [0, 0.1) is 11.8 Å². The molecule has 4 atom stereocenters. The third-order valence-corrected chi connectivity index (χ3v) is 10.0. The van der Waals surface area contributed by atoms with Crippen molar-refractivity contribution in [3.05, 3.63) is 94.5 Å². The standard InChI is InChI=1S/C39H43NO8/c1-40-19-25-16-36-31(18-35(25)45-2)37(43)33(20-46-36)34-21-47-39-24(15-29(17-32(39)38(34)44)48-28-8-3-4-9-28)12-23-14-27(42)10-11-30(23)22-6-5-7-26(41)13-22/h5-7,10-11,13-18,28,33-34,37-38,40-44H,3-4,8-9,12,19-21H2,1-2H3. The molecule has 0 bridgehead atoms. The topological polar surface area (TPSA) is 130 Å². The van der Waals surface area contributed by atoms with Crippen LogP contribution in [-0.2, 0) is 13.0 Å². The molecule has 4 aromatic rings. The highest BCUT2D eigenvalue weighted by Crippen LogP contribution is 2.49. The number of benzene rings is 4. The molecule has 9 heteroatoms. The zero-order chi connectivity index (χ0) is 33.4. The molecule has 1 fully saturated rings. The molecule has 0 saturated heterocycles. The number of phenols is 2. The summed E-state index contributed by atoms with van der Waals surface area (Å²) in [5.41, 5.74) is 5.50. The van der Waals surface area contributed by atoms with Crippen molar-refractivity contribution in [1.29, 1.82) is 0 Å². The van der Waals surface area contributed by atoms with Gasteiger partial charge in [-0.2, -0.15) is 0 Å². The molecule has 1 saturated carbocycles. The number of rotatable bonds is 9. The summed E-state index contributed by atoms with van der Waals surface area (Å²) in [6, 6.07) is 19.8. The Bertz CT molecular complexity index is 1780. The Morgan fingerprint density at radius 2 is 1.54 bits per heavy atom. The number of hydrogen-bond acceptors (Lipinski definition) is 9. The van der Waals surface area contributed by atoms with E-state index in [1.807, 2.05) is 43.4 Å². The lowest BCUT2D eigenvalue weighted by atomic mass is 9.77. The summed E-state index contributed by atoms with van der Waals surface area (Å²) in [6.07, 6.45) is 2.84. The summed E-state index contributed by atoms with van der Waals surface area (Å²) in [5, 5.41) is 47.5. The Morgan fingerprint density at radius 1 is 0.792 bits per heavy atom. The predicted octanol–water partition coefficient (Wildman–Crippen LogP) is 6.19. The minimum atomic E-state index is -0.954. The van der Waals surface area contributed by atoms with E-state index in [1.165, 1.54) is 0 Å². The van der Waals surface area contributed by atoms with Crippen LogP contribution in [0.25, 0.3) is 11.1 Å². The van der Waals surface area contributed by atoms with E-state index in [1.54, 1.807) is 37.4 Å². The molecule has 7 rings (SSSR count). The summed E-state index contributed by atoms with van der Waals surface area (Å²) in [6.45, 7) is 0.997. The highest BCUT2D eigenvalue weighted by Gasteiger charge is 2.43. The van der Waals surface area contributed by atoms with Gasteiger partial charge in [0.05, 0.1) is 38.6 Å². The first-order chi connectivity index (χ1) is 23.3. The van der Waals surface area contributed by atoms with Crippen LogP contribution in [0.3, 0.4) is 0 Å². The number of aliphatic hydroxyl groups excluding tert-OH is 2. The average Bonchev–Trinajstić information content (AvgIpc) is 3.59. The molecular formula is C39H43NO8. The SMILES string of the molecule is CNCc1cc2c(cc1OC)C(O)C(C1COc3c(Cc4cc(O)ccc4-c4cccc(O)c4)cc(OC4CCCC4)cc3C1O)CO2.